The first-order chi connectivity index (χ1) is 10.7. The maximum absolute atomic E-state index is 11.9. The average Bonchev–Trinajstić information content (AvgIpc) is 2.56. The van der Waals surface area contributed by atoms with Gasteiger partial charge in [-0.15, -0.1) is 0 Å². The summed E-state index contributed by atoms with van der Waals surface area (Å²) in [6.07, 6.45) is 6.30. The van der Waals surface area contributed by atoms with Crippen molar-refractivity contribution in [2.24, 2.45) is 5.10 Å². The van der Waals surface area contributed by atoms with Crippen LogP contribution in [0.2, 0.25) is 0 Å². The molecule has 5 nitrogen and oxygen atoms in total. The summed E-state index contributed by atoms with van der Waals surface area (Å²) >= 11 is 0. The highest BCUT2D eigenvalue weighted by Gasteiger charge is 2.10. The van der Waals surface area contributed by atoms with Gasteiger partial charge in [-0.3, -0.25) is 4.79 Å². The number of benzene rings is 1. The quantitative estimate of drug-likeness (QED) is 0.362. The lowest BCUT2D eigenvalue weighted by molar-refractivity contribution is -0.109. The first kappa shape index (κ1) is 17.2. The minimum atomic E-state index is -0.448. The van der Waals surface area contributed by atoms with Gasteiger partial charge >= 0.3 is 0 Å². The molecule has 22 heavy (non-hydrogen) atoms. The summed E-state index contributed by atoms with van der Waals surface area (Å²) in [6, 6.07) is 6.45. The van der Waals surface area contributed by atoms with E-state index in [9.17, 15) is 9.59 Å². The van der Waals surface area contributed by atoms with Crippen molar-refractivity contribution in [2.45, 2.75) is 19.4 Å². The number of allylic oxidation sites excluding steroid dienone is 2. The van der Waals surface area contributed by atoms with Crippen LogP contribution in [0.1, 0.15) is 29.3 Å². The third kappa shape index (κ3) is 6.06. The zero-order valence-corrected chi connectivity index (χ0v) is 12.7. The van der Waals surface area contributed by atoms with E-state index in [2.05, 4.69) is 27.7 Å². The fourth-order valence-corrected chi connectivity index (χ4v) is 1.52. The number of nitrogens with one attached hydrogen (secondary N) is 2. The first-order valence-electron chi connectivity index (χ1n) is 6.94. The molecule has 114 valence electrons. The fraction of sp³-hybridized carbons (Fsp3) is 0.235. The number of hydrazone groups is 1. The maximum atomic E-state index is 11.9. The highest BCUT2D eigenvalue weighted by molar-refractivity contribution is 5.95. The van der Waals surface area contributed by atoms with Crippen LogP contribution in [0.15, 0.2) is 41.5 Å². The van der Waals surface area contributed by atoms with Crippen LogP contribution in [0.4, 0.5) is 0 Å². The van der Waals surface area contributed by atoms with E-state index >= 15 is 0 Å². The van der Waals surface area contributed by atoms with Crippen molar-refractivity contribution in [1.82, 2.24) is 10.7 Å². The predicted molar refractivity (Wildman–Crippen MR) is 87.6 cm³/mol. The zero-order chi connectivity index (χ0) is 16.2. The van der Waals surface area contributed by atoms with E-state index in [1.165, 1.54) is 0 Å². The summed E-state index contributed by atoms with van der Waals surface area (Å²) in [4.78, 5) is 22.6. The summed E-state index contributed by atoms with van der Waals surface area (Å²) in [7, 11) is 1.71. The molecule has 0 fully saturated rings. The first-order valence-corrected chi connectivity index (χ1v) is 6.94. The molecule has 0 aliphatic heterocycles. The Kier molecular flexibility index (Phi) is 7.77. The van der Waals surface area contributed by atoms with Crippen LogP contribution in [0.3, 0.4) is 0 Å². The number of carbonyl (C=O) groups is 2. The molecule has 0 saturated heterocycles. The van der Waals surface area contributed by atoms with Gasteiger partial charge in [-0.1, -0.05) is 18.8 Å². The van der Waals surface area contributed by atoms with Crippen LogP contribution in [-0.2, 0) is 4.79 Å². The van der Waals surface area contributed by atoms with E-state index < -0.39 is 6.04 Å². The Bertz CT molecular complexity index is 607. The summed E-state index contributed by atoms with van der Waals surface area (Å²) in [5, 5.41) is 6.44. The lowest BCUT2D eigenvalue weighted by atomic mass is 10.1. The van der Waals surface area contributed by atoms with Crippen molar-refractivity contribution in [3.63, 3.8) is 0 Å². The highest BCUT2D eigenvalue weighted by atomic mass is 16.2. The van der Waals surface area contributed by atoms with Gasteiger partial charge in [-0.25, -0.2) is 0 Å². The molecule has 0 spiro atoms. The monoisotopic (exact) mass is 297 g/mol. The largest absolute Gasteiger partial charge is 0.343 e. The third-order valence-corrected chi connectivity index (χ3v) is 2.75. The normalized spacial score (nSPS) is 11.7. The van der Waals surface area contributed by atoms with Crippen LogP contribution in [0.5, 0.6) is 0 Å². The van der Waals surface area contributed by atoms with Gasteiger partial charge in [0.25, 0.3) is 5.91 Å². The van der Waals surface area contributed by atoms with Gasteiger partial charge in [0, 0.05) is 24.4 Å². The van der Waals surface area contributed by atoms with Crippen molar-refractivity contribution < 1.29 is 9.59 Å². The lowest BCUT2D eigenvalue weighted by Crippen LogP contribution is -2.35. The Balaban J connectivity index is 2.65. The zero-order valence-electron chi connectivity index (χ0n) is 12.7. The van der Waals surface area contributed by atoms with E-state index in [1.807, 2.05) is 6.92 Å². The van der Waals surface area contributed by atoms with Gasteiger partial charge in [0.05, 0.1) is 6.04 Å². The van der Waals surface area contributed by atoms with E-state index in [-0.39, 0.29) is 5.91 Å². The van der Waals surface area contributed by atoms with Crippen molar-refractivity contribution in [3.8, 4) is 11.8 Å². The van der Waals surface area contributed by atoms with Crippen molar-refractivity contribution in [1.29, 1.82) is 0 Å². The van der Waals surface area contributed by atoms with Crippen LogP contribution in [0.25, 0.3) is 0 Å². The SMILES string of the molecule is CC[C@@H](C=O)NC(=O)c1ccc(C#C/C=C/C=N\NC)cc1. The van der Waals surface area contributed by atoms with E-state index in [0.717, 1.165) is 11.8 Å². The van der Waals surface area contributed by atoms with Crippen LogP contribution in [0, 0.1) is 11.8 Å². The van der Waals surface area contributed by atoms with Crippen LogP contribution < -0.4 is 10.7 Å². The van der Waals surface area contributed by atoms with E-state index in [0.29, 0.717) is 12.0 Å². The molecular weight excluding hydrogens is 278 g/mol. The van der Waals surface area contributed by atoms with Crippen molar-refractivity contribution >= 4 is 18.4 Å². The number of amides is 1. The number of aldehydes is 1. The molecule has 1 rings (SSSR count). The fourth-order valence-electron chi connectivity index (χ4n) is 1.52. The topological polar surface area (TPSA) is 70.6 Å². The van der Waals surface area contributed by atoms with Crippen LogP contribution >= 0.6 is 0 Å². The van der Waals surface area contributed by atoms with Crippen molar-refractivity contribution in [3.05, 3.63) is 47.5 Å². The molecular formula is C17H19N3O2. The van der Waals surface area contributed by atoms with Gasteiger partial charge in [0.1, 0.15) is 6.29 Å². The summed E-state index contributed by atoms with van der Waals surface area (Å²) in [5.41, 5.74) is 3.93. The molecule has 0 unspecified atom stereocenters. The Morgan fingerprint density at radius 3 is 2.68 bits per heavy atom. The maximum Gasteiger partial charge on any atom is 0.251 e. The second kappa shape index (κ2) is 9.94. The van der Waals surface area contributed by atoms with Crippen LogP contribution in [-0.4, -0.2) is 31.5 Å². The predicted octanol–water partition coefficient (Wildman–Crippen LogP) is 1.51. The molecule has 0 radical (unpaired) electrons. The third-order valence-electron chi connectivity index (χ3n) is 2.75. The smallest absolute Gasteiger partial charge is 0.251 e. The standard InChI is InChI=1S/C17H19N3O2/c1-3-16(13-21)20-17(22)15-10-8-14(9-11-15)7-5-4-6-12-19-18-2/h4,6,8-13,16,18H,3H2,1-2H3,(H,20,22)/b6-4+,19-12-/t16-/m0/s1. The second-order valence-corrected chi connectivity index (χ2v) is 4.33. The Hall–Kier alpha value is -2.87. The molecule has 1 atom stereocenters. The molecule has 1 aromatic carbocycles. The minimum absolute atomic E-state index is 0.262. The van der Waals surface area contributed by atoms with Gasteiger partial charge in [-0.05, 0) is 42.8 Å². The van der Waals surface area contributed by atoms with Crippen molar-refractivity contribution in [2.75, 3.05) is 7.05 Å². The Morgan fingerprint density at radius 2 is 2.09 bits per heavy atom. The molecule has 0 aliphatic rings. The minimum Gasteiger partial charge on any atom is -0.343 e. The van der Waals surface area contributed by atoms with Gasteiger partial charge in [0.2, 0.25) is 0 Å². The molecule has 1 amide bonds. The number of rotatable bonds is 6. The number of nitrogens with zero attached hydrogens (tertiary/aromatic N) is 1. The molecule has 0 bridgehead atoms. The molecule has 0 saturated carbocycles. The van der Waals surface area contributed by atoms with E-state index in [4.69, 9.17) is 0 Å². The number of hydrogen-bond acceptors (Lipinski definition) is 4. The van der Waals surface area contributed by atoms with Gasteiger partial charge < -0.3 is 15.5 Å². The molecule has 5 heteroatoms. The summed E-state index contributed by atoms with van der Waals surface area (Å²) in [6.45, 7) is 1.84. The highest BCUT2D eigenvalue weighted by Crippen LogP contribution is 2.04. The summed E-state index contributed by atoms with van der Waals surface area (Å²) < 4.78 is 0. The van der Waals surface area contributed by atoms with Gasteiger partial charge in [-0.2, -0.15) is 5.10 Å². The molecule has 2 N–H and O–H groups in total. The summed E-state index contributed by atoms with van der Waals surface area (Å²) in [5.74, 6) is 5.54. The Morgan fingerprint density at radius 1 is 1.36 bits per heavy atom. The molecule has 0 heterocycles. The second-order valence-electron chi connectivity index (χ2n) is 4.33. The number of carbonyl (C=O) groups excluding carboxylic acids is 2. The molecule has 1 aromatic rings. The van der Waals surface area contributed by atoms with Gasteiger partial charge in [0.15, 0.2) is 0 Å². The average molecular weight is 297 g/mol. The molecule has 0 aromatic heterocycles. The lowest BCUT2D eigenvalue weighted by Gasteiger charge is -2.09. The Labute approximate surface area is 130 Å². The molecule has 0 aliphatic carbocycles. The number of hydrogen-bond donors (Lipinski definition) is 2. The van der Waals surface area contributed by atoms with E-state index in [1.54, 1.807) is 49.7 Å².